The van der Waals surface area contributed by atoms with E-state index < -0.39 is 5.41 Å². The van der Waals surface area contributed by atoms with Gasteiger partial charge < -0.3 is 24.8 Å². The zero-order chi connectivity index (χ0) is 20.0. The van der Waals surface area contributed by atoms with Gasteiger partial charge >= 0.3 is 0 Å². The van der Waals surface area contributed by atoms with Crippen molar-refractivity contribution in [3.8, 4) is 11.5 Å². The van der Waals surface area contributed by atoms with Gasteiger partial charge in [0.1, 0.15) is 11.5 Å². The van der Waals surface area contributed by atoms with Crippen LogP contribution >= 0.6 is 24.8 Å². The van der Waals surface area contributed by atoms with Crippen LogP contribution in [0.15, 0.2) is 18.2 Å². The lowest BCUT2D eigenvalue weighted by molar-refractivity contribution is -0.136. The minimum absolute atomic E-state index is 0. The maximum absolute atomic E-state index is 13.0. The quantitative estimate of drug-likeness (QED) is 0.615. The first-order valence-electron chi connectivity index (χ1n) is 10.0. The van der Waals surface area contributed by atoms with E-state index in [4.69, 9.17) is 14.2 Å². The smallest absolute Gasteiger partial charge is 0.228 e. The van der Waals surface area contributed by atoms with Crippen molar-refractivity contribution in [2.24, 2.45) is 5.41 Å². The third kappa shape index (κ3) is 6.62. The van der Waals surface area contributed by atoms with Crippen molar-refractivity contribution < 1.29 is 19.0 Å². The largest absolute Gasteiger partial charge is 0.497 e. The lowest BCUT2D eigenvalue weighted by atomic mass is 9.78. The Labute approximate surface area is 192 Å². The number of rotatable bonds is 8. The fourth-order valence-electron chi connectivity index (χ4n) is 4.27. The first kappa shape index (κ1) is 26.8. The summed E-state index contributed by atoms with van der Waals surface area (Å²) in [6, 6.07) is 6.14. The molecule has 2 aliphatic rings. The van der Waals surface area contributed by atoms with Gasteiger partial charge in [-0.1, -0.05) is 0 Å². The summed E-state index contributed by atoms with van der Waals surface area (Å²) in [6.07, 6.45) is 2.62. The minimum atomic E-state index is -0.395. The van der Waals surface area contributed by atoms with Crippen LogP contribution in [0.3, 0.4) is 0 Å². The lowest BCUT2D eigenvalue weighted by Crippen LogP contribution is -2.52. The Bertz CT molecular complexity index is 644. The molecule has 2 saturated heterocycles. The van der Waals surface area contributed by atoms with Crippen LogP contribution in [-0.4, -0.2) is 71.0 Å². The second-order valence-electron chi connectivity index (χ2n) is 7.88. The zero-order valence-electron chi connectivity index (χ0n) is 18.1. The maximum Gasteiger partial charge on any atom is 0.228 e. The summed E-state index contributed by atoms with van der Waals surface area (Å²) >= 11 is 0. The fourth-order valence-corrected chi connectivity index (χ4v) is 4.27. The van der Waals surface area contributed by atoms with E-state index in [0.29, 0.717) is 6.61 Å². The van der Waals surface area contributed by atoms with E-state index in [1.807, 2.05) is 18.2 Å². The number of amides is 1. The summed E-state index contributed by atoms with van der Waals surface area (Å²) in [6.45, 7) is 4.85. The molecule has 7 nitrogen and oxygen atoms in total. The number of ether oxygens (including phenoxy) is 3. The molecule has 3 rings (SSSR count). The number of benzene rings is 1. The molecule has 9 heteroatoms. The van der Waals surface area contributed by atoms with E-state index in [0.717, 1.165) is 69.0 Å². The fraction of sp³-hybridized carbons (Fsp3) is 0.667. The molecule has 2 N–H and O–H groups in total. The van der Waals surface area contributed by atoms with Crippen molar-refractivity contribution in [3.63, 3.8) is 0 Å². The van der Waals surface area contributed by atoms with Crippen LogP contribution < -0.4 is 20.1 Å². The summed E-state index contributed by atoms with van der Waals surface area (Å²) in [5, 5.41) is 6.63. The number of hydrogen-bond acceptors (Lipinski definition) is 6. The summed E-state index contributed by atoms with van der Waals surface area (Å²) in [5.41, 5.74) is 0.755. The second-order valence-corrected chi connectivity index (χ2v) is 7.88. The number of halogens is 2. The molecule has 0 radical (unpaired) electrons. The predicted molar refractivity (Wildman–Crippen MR) is 122 cm³/mol. The summed E-state index contributed by atoms with van der Waals surface area (Å²) in [4.78, 5) is 15.4. The monoisotopic (exact) mass is 463 g/mol. The van der Waals surface area contributed by atoms with Gasteiger partial charge in [0.15, 0.2) is 0 Å². The summed E-state index contributed by atoms with van der Waals surface area (Å²) in [5.74, 6) is 1.74. The van der Waals surface area contributed by atoms with E-state index in [2.05, 4.69) is 15.5 Å². The number of nitrogens with zero attached hydrogens (tertiary/aromatic N) is 1. The van der Waals surface area contributed by atoms with Gasteiger partial charge in [0.05, 0.1) is 26.2 Å². The molecule has 1 aromatic rings. The molecule has 1 unspecified atom stereocenters. The zero-order valence-corrected chi connectivity index (χ0v) is 19.7. The first-order chi connectivity index (χ1) is 13.6. The highest BCUT2D eigenvalue weighted by molar-refractivity contribution is 5.85. The highest BCUT2D eigenvalue weighted by atomic mass is 35.5. The van der Waals surface area contributed by atoms with Crippen molar-refractivity contribution in [1.82, 2.24) is 15.5 Å². The molecule has 1 aromatic carbocycles. The molecule has 30 heavy (non-hydrogen) atoms. The average molecular weight is 464 g/mol. The van der Waals surface area contributed by atoms with Crippen molar-refractivity contribution in [2.45, 2.75) is 31.8 Å². The average Bonchev–Trinajstić information content (AvgIpc) is 3.15. The molecule has 1 amide bonds. The molecule has 0 bridgehead atoms. The van der Waals surface area contributed by atoms with Crippen LogP contribution in [0.4, 0.5) is 0 Å². The van der Waals surface area contributed by atoms with Crippen molar-refractivity contribution in [3.05, 3.63) is 23.8 Å². The van der Waals surface area contributed by atoms with Crippen LogP contribution in [0.5, 0.6) is 11.5 Å². The van der Waals surface area contributed by atoms with Crippen molar-refractivity contribution in [2.75, 3.05) is 54.1 Å². The number of hydrogen-bond donors (Lipinski definition) is 2. The summed E-state index contributed by atoms with van der Waals surface area (Å²) < 4.78 is 16.1. The number of piperidine rings is 1. The molecule has 2 fully saturated rings. The predicted octanol–water partition coefficient (Wildman–Crippen LogP) is 2.25. The Morgan fingerprint density at radius 3 is 2.33 bits per heavy atom. The molecule has 2 heterocycles. The molecule has 1 atom stereocenters. The summed E-state index contributed by atoms with van der Waals surface area (Å²) in [7, 11) is 5.00. The Kier molecular flexibility index (Phi) is 11.2. The van der Waals surface area contributed by atoms with Crippen molar-refractivity contribution in [1.29, 1.82) is 0 Å². The molecule has 0 aliphatic carbocycles. The number of carbonyl (C=O) groups excluding carboxylic acids is 1. The van der Waals surface area contributed by atoms with Gasteiger partial charge in [-0.15, -0.1) is 24.8 Å². The van der Waals surface area contributed by atoms with E-state index in [1.165, 1.54) is 0 Å². The third-order valence-corrected chi connectivity index (χ3v) is 5.89. The number of nitrogens with one attached hydrogen (secondary N) is 2. The van der Waals surface area contributed by atoms with Crippen LogP contribution in [-0.2, 0) is 16.1 Å². The highest BCUT2D eigenvalue weighted by Crippen LogP contribution is 2.30. The molecular weight excluding hydrogens is 429 g/mol. The van der Waals surface area contributed by atoms with Gasteiger partial charge in [0.25, 0.3) is 0 Å². The number of methoxy groups -OCH3 is 3. The van der Waals surface area contributed by atoms with Gasteiger partial charge in [-0.25, -0.2) is 0 Å². The minimum Gasteiger partial charge on any atom is -0.497 e. The van der Waals surface area contributed by atoms with E-state index in [-0.39, 0.29) is 36.8 Å². The molecule has 0 spiro atoms. The standard InChI is InChI=1S/C21H33N3O4.2ClH/c1-26-15-21(5-7-22-8-6-21)20(25)23-17-4-9-24(14-17)13-16-10-18(27-2)12-19(11-16)28-3;;/h10-12,17,22H,4-9,13-15H2,1-3H3,(H,23,25);2*1H. The van der Waals surface area contributed by atoms with Gasteiger partial charge in [0, 0.05) is 38.9 Å². The number of likely N-dealkylation sites (tertiary alicyclic amines) is 1. The normalized spacial score (nSPS) is 20.6. The van der Waals surface area contributed by atoms with Crippen LogP contribution in [0.1, 0.15) is 24.8 Å². The molecule has 2 aliphatic heterocycles. The van der Waals surface area contributed by atoms with E-state index in [1.54, 1.807) is 21.3 Å². The van der Waals surface area contributed by atoms with Gasteiger partial charge in [0.2, 0.25) is 5.91 Å². The first-order valence-corrected chi connectivity index (χ1v) is 10.0. The van der Waals surface area contributed by atoms with E-state index >= 15 is 0 Å². The third-order valence-electron chi connectivity index (χ3n) is 5.89. The highest BCUT2D eigenvalue weighted by Gasteiger charge is 2.41. The van der Waals surface area contributed by atoms with Gasteiger partial charge in [-0.3, -0.25) is 9.69 Å². The molecule has 0 saturated carbocycles. The Balaban J connectivity index is 0.00000225. The maximum atomic E-state index is 13.0. The Morgan fingerprint density at radius 1 is 1.13 bits per heavy atom. The molecular formula is C21H35Cl2N3O4. The number of carbonyl (C=O) groups is 1. The second kappa shape index (κ2) is 12.6. The molecule has 172 valence electrons. The van der Waals surface area contributed by atoms with E-state index in [9.17, 15) is 4.79 Å². The lowest BCUT2D eigenvalue weighted by Gasteiger charge is -2.36. The van der Waals surface area contributed by atoms with Crippen LogP contribution in [0.25, 0.3) is 0 Å². The van der Waals surface area contributed by atoms with Gasteiger partial charge in [-0.05, 0) is 50.0 Å². The Morgan fingerprint density at radius 2 is 1.77 bits per heavy atom. The van der Waals surface area contributed by atoms with Gasteiger partial charge in [-0.2, -0.15) is 0 Å². The van der Waals surface area contributed by atoms with Crippen LogP contribution in [0.2, 0.25) is 0 Å². The SMILES string of the molecule is COCC1(C(=O)NC2CCN(Cc3cc(OC)cc(OC)c3)C2)CCNCC1.Cl.Cl. The van der Waals surface area contributed by atoms with Crippen molar-refractivity contribution >= 4 is 30.7 Å². The topological polar surface area (TPSA) is 72.1 Å². The van der Waals surface area contributed by atoms with Crippen LogP contribution in [0, 0.1) is 5.41 Å². The molecule has 0 aromatic heterocycles. The Hall–Kier alpha value is -1.25.